The maximum Gasteiger partial charge on any atom is 0.313 e. The van der Waals surface area contributed by atoms with Gasteiger partial charge in [0.15, 0.2) is 0 Å². The van der Waals surface area contributed by atoms with E-state index in [0.29, 0.717) is 19.4 Å². The molecule has 1 N–H and O–H groups in total. The molecule has 2 saturated heterocycles. The summed E-state index contributed by atoms with van der Waals surface area (Å²) in [6.45, 7) is 5.41. The molecule has 5 heteroatoms. The minimum Gasteiger partial charge on any atom is -0.465 e. The summed E-state index contributed by atoms with van der Waals surface area (Å²) in [7, 11) is 0. The van der Waals surface area contributed by atoms with Crippen LogP contribution in [0, 0.1) is 11.3 Å². The van der Waals surface area contributed by atoms with Crippen molar-refractivity contribution in [3.05, 3.63) is 42.0 Å². The molecule has 3 atom stereocenters. The van der Waals surface area contributed by atoms with Crippen LogP contribution in [0.15, 0.2) is 36.4 Å². The van der Waals surface area contributed by atoms with Crippen molar-refractivity contribution in [1.82, 2.24) is 0 Å². The molecule has 0 spiro atoms. The number of anilines is 1. The normalized spacial score (nSPS) is 29.6. The number of fused-ring (bicyclic) bond motifs is 1. The first-order valence-corrected chi connectivity index (χ1v) is 9.89. The molecule has 2 heterocycles. The van der Waals surface area contributed by atoms with Gasteiger partial charge in [-0.05, 0) is 56.2 Å². The predicted molar refractivity (Wildman–Crippen MR) is 102 cm³/mol. The summed E-state index contributed by atoms with van der Waals surface area (Å²) in [5.41, 5.74) is 2.58. The molecule has 0 radical (unpaired) electrons. The molecule has 3 unspecified atom stereocenters. The zero-order valence-corrected chi connectivity index (χ0v) is 15.7. The van der Waals surface area contributed by atoms with Crippen molar-refractivity contribution in [2.75, 3.05) is 18.5 Å². The number of carbonyl (C=O) groups excluding carboxylic acids is 2. The molecule has 144 valence electrons. The van der Waals surface area contributed by atoms with Crippen molar-refractivity contribution >= 4 is 17.6 Å². The number of benzene rings is 1. The molecule has 3 fully saturated rings. The van der Waals surface area contributed by atoms with Crippen LogP contribution in [0.3, 0.4) is 0 Å². The van der Waals surface area contributed by atoms with E-state index in [0.717, 1.165) is 55.5 Å². The van der Waals surface area contributed by atoms with E-state index in [-0.39, 0.29) is 23.9 Å². The maximum atomic E-state index is 12.4. The van der Waals surface area contributed by atoms with Crippen molar-refractivity contribution in [2.24, 2.45) is 11.3 Å². The molecule has 4 rings (SSSR count). The number of cyclic esters (lactones) is 1. The lowest BCUT2D eigenvalue weighted by atomic mass is 9.75. The molecular weight excluding hydrogens is 342 g/mol. The summed E-state index contributed by atoms with van der Waals surface area (Å²) in [5.74, 6) is 0.177. The molecule has 27 heavy (non-hydrogen) atoms. The second-order valence-electron chi connectivity index (χ2n) is 8.18. The van der Waals surface area contributed by atoms with E-state index in [1.54, 1.807) is 0 Å². The number of esters is 1. The van der Waals surface area contributed by atoms with E-state index in [1.807, 2.05) is 24.3 Å². The van der Waals surface area contributed by atoms with Crippen LogP contribution in [-0.2, 0) is 25.5 Å². The molecule has 1 aromatic rings. The molecule has 1 amide bonds. The number of allylic oxidation sites excluding steroid dienone is 1. The Hall–Kier alpha value is -2.14. The van der Waals surface area contributed by atoms with Crippen molar-refractivity contribution in [3.63, 3.8) is 0 Å². The van der Waals surface area contributed by atoms with Crippen molar-refractivity contribution in [3.8, 4) is 0 Å². The molecule has 1 aliphatic carbocycles. The Morgan fingerprint density at radius 2 is 2.11 bits per heavy atom. The summed E-state index contributed by atoms with van der Waals surface area (Å²) in [5, 5.41) is 2.95. The molecule has 5 nitrogen and oxygen atoms in total. The summed E-state index contributed by atoms with van der Waals surface area (Å²) in [6.07, 6.45) is 5.91. The Bertz CT molecular complexity index is 735. The number of amides is 1. The quantitative estimate of drug-likeness (QED) is 0.614. The number of hydrogen-bond acceptors (Lipinski definition) is 4. The molecule has 0 aromatic heterocycles. The summed E-state index contributed by atoms with van der Waals surface area (Å²) >= 11 is 0. The molecule has 0 bridgehead atoms. The van der Waals surface area contributed by atoms with Gasteiger partial charge in [-0.25, -0.2) is 0 Å². The Kier molecular flexibility index (Phi) is 5.04. The Labute approximate surface area is 160 Å². The monoisotopic (exact) mass is 369 g/mol. The van der Waals surface area contributed by atoms with Crippen molar-refractivity contribution < 1.29 is 19.1 Å². The number of rotatable bonds is 6. The highest BCUT2D eigenvalue weighted by molar-refractivity contribution is 5.90. The smallest absolute Gasteiger partial charge is 0.313 e. The lowest BCUT2D eigenvalue weighted by Gasteiger charge is -2.24. The second-order valence-corrected chi connectivity index (χ2v) is 8.18. The number of ether oxygens (including phenoxy) is 2. The van der Waals surface area contributed by atoms with Crippen LogP contribution in [0.2, 0.25) is 0 Å². The van der Waals surface area contributed by atoms with Gasteiger partial charge in [-0.1, -0.05) is 24.3 Å². The molecular formula is C22H27NO4. The minimum absolute atomic E-state index is 0.0170. The van der Waals surface area contributed by atoms with Gasteiger partial charge >= 0.3 is 5.97 Å². The Morgan fingerprint density at radius 3 is 2.85 bits per heavy atom. The molecule has 3 aliphatic rings. The highest BCUT2D eigenvalue weighted by Crippen LogP contribution is 2.52. The Morgan fingerprint density at radius 1 is 1.30 bits per heavy atom. The van der Waals surface area contributed by atoms with Gasteiger partial charge in [0, 0.05) is 24.6 Å². The SMILES string of the molecule is C=C1CC2COC(=O)C2(Cc2ccc(NC(=O)CCC3CCCO3)cc2)C1. The molecule has 2 aliphatic heterocycles. The summed E-state index contributed by atoms with van der Waals surface area (Å²) in [4.78, 5) is 24.5. The highest BCUT2D eigenvalue weighted by Gasteiger charge is 2.55. The third-order valence-electron chi connectivity index (χ3n) is 6.18. The Balaban J connectivity index is 1.34. The fraction of sp³-hybridized carbons (Fsp3) is 0.545. The van der Waals surface area contributed by atoms with Gasteiger partial charge in [0.2, 0.25) is 5.91 Å². The van der Waals surface area contributed by atoms with E-state index in [1.165, 1.54) is 0 Å². The van der Waals surface area contributed by atoms with Crippen LogP contribution >= 0.6 is 0 Å². The number of nitrogens with one attached hydrogen (secondary N) is 1. The van der Waals surface area contributed by atoms with Crippen LogP contribution < -0.4 is 5.32 Å². The first-order valence-electron chi connectivity index (χ1n) is 9.89. The lowest BCUT2D eigenvalue weighted by Crippen LogP contribution is -2.31. The third kappa shape index (κ3) is 3.79. The van der Waals surface area contributed by atoms with E-state index < -0.39 is 5.41 Å². The summed E-state index contributed by atoms with van der Waals surface area (Å²) in [6, 6.07) is 7.81. The van der Waals surface area contributed by atoms with Gasteiger partial charge in [0.1, 0.15) is 0 Å². The van der Waals surface area contributed by atoms with Crippen molar-refractivity contribution in [2.45, 2.75) is 51.0 Å². The lowest BCUT2D eigenvalue weighted by molar-refractivity contribution is -0.146. The van der Waals surface area contributed by atoms with Crippen molar-refractivity contribution in [1.29, 1.82) is 0 Å². The highest BCUT2D eigenvalue weighted by atomic mass is 16.5. The van der Waals surface area contributed by atoms with Gasteiger partial charge in [0.25, 0.3) is 0 Å². The summed E-state index contributed by atoms with van der Waals surface area (Å²) < 4.78 is 10.9. The second kappa shape index (κ2) is 7.47. The average molecular weight is 369 g/mol. The van der Waals surface area contributed by atoms with Gasteiger partial charge in [-0.2, -0.15) is 0 Å². The zero-order valence-electron chi connectivity index (χ0n) is 15.7. The van der Waals surface area contributed by atoms with Gasteiger partial charge < -0.3 is 14.8 Å². The largest absolute Gasteiger partial charge is 0.465 e. The fourth-order valence-electron chi connectivity index (χ4n) is 4.72. The van der Waals surface area contributed by atoms with E-state index in [2.05, 4.69) is 11.9 Å². The zero-order chi connectivity index (χ0) is 18.9. The molecule has 1 aromatic carbocycles. The standard InChI is InChI=1S/C22H27NO4/c1-15-11-17-14-27-21(25)22(17,12-15)13-16-4-6-18(7-5-16)23-20(24)9-8-19-3-2-10-26-19/h4-7,17,19H,1-3,8-14H2,(H,23,24). The first-order chi connectivity index (χ1) is 13.0. The topological polar surface area (TPSA) is 64.6 Å². The number of carbonyl (C=O) groups is 2. The third-order valence-corrected chi connectivity index (χ3v) is 6.18. The van der Waals surface area contributed by atoms with Crippen LogP contribution in [0.5, 0.6) is 0 Å². The van der Waals surface area contributed by atoms with E-state index in [4.69, 9.17) is 9.47 Å². The fourth-order valence-corrected chi connectivity index (χ4v) is 4.72. The average Bonchev–Trinajstić information content (AvgIpc) is 3.33. The first kappa shape index (κ1) is 18.2. The minimum atomic E-state index is -0.441. The van der Waals surface area contributed by atoms with Gasteiger partial charge in [-0.3, -0.25) is 9.59 Å². The van der Waals surface area contributed by atoms with Crippen LogP contribution in [-0.4, -0.2) is 31.2 Å². The van der Waals surface area contributed by atoms with Crippen LogP contribution in [0.25, 0.3) is 0 Å². The maximum absolute atomic E-state index is 12.4. The van der Waals surface area contributed by atoms with Gasteiger partial charge in [-0.15, -0.1) is 0 Å². The van der Waals surface area contributed by atoms with Crippen LogP contribution in [0.1, 0.15) is 44.1 Å². The van der Waals surface area contributed by atoms with Gasteiger partial charge in [0.05, 0.1) is 18.1 Å². The predicted octanol–water partition coefficient (Wildman–Crippen LogP) is 3.64. The van der Waals surface area contributed by atoms with E-state index >= 15 is 0 Å². The van der Waals surface area contributed by atoms with Crippen LogP contribution in [0.4, 0.5) is 5.69 Å². The number of hydrogen-bond donors (Lipinski definition) is 1. The molecule has 1 saturated carbocycles. The van der Waals surface area contributed by atoms with E-state index in [9.17, 15) is 9.59 Å².